The summed E-state index contributed by atoms with van der Waals surface area (Å²) in [7, 11) is 2.03. The maximum atomic E-state index is 13.6. The highest BCUT2D eigenvalue weighted by atomic mass is 35.5. The molecular weight excluding hydrogens is 385 g/mol. The lowest BCUT2D eigenvalue weighted by Gasteiger charge is -2.35. The fraction of sp³-hybridized carbons (Fsp3) is 0.300. The van der Waals surface area contributed by atoms with Gasteiger partial charge in [0.15, 0.2) is 0 Å². The van der Waals surface area contributed by atoms with E-state index in [2.05, 4.69) is 15.1 Å². The Balaban J connectivity index is 1.95. The van der Waals surface area contributed by atoms with Crippen LogP contribution in [-0.2, 0) is 0 Å². The molecule has 8 heteroatoms. The molecule has 1 aliphatic heterocycles. The Kier molecular flexibility index (Phi) is 5.86. The van der Waals surface area contributed by atoms with Gasteiger partial charge >= 0.3 is 5.97 Å². The number of nitrogens with one attached hydrogen (secondary N) is 1. The third kappa shape index (κ3) is 4.10. The summed E-state index contributed by atoms with van der Waals surface area (Å²) in [5, 5.41) is 12.1. The summed E-state index contributed by atoms with van der Waals surface area (Å²) in [6, 6.07) is 7.14. The van der Waals surface area contributed by atoms with Crippen molar-refractivity contribution in [2.24, 2.45) is 0 Å². The Morgan fingerprint density at radius 3 is 2.46 bits per heavy atom. The SMILES string of the molecule is Cc1c(F)ccc(C(=O)Nc2cc(C(=O)O)ccc2N2CCN(C)CC2)c1Cl. The lowest BCUT2D eigenvalue weighted by molar-refractivity contribution is 0.0696. The van der Waals surface area contributed by atoms with Crippen LogP contribution in [0.2, 0.25) is 5.02 Å². The third-order valence-electron chi connectivity index (χ3n) is 4.90. The maximum Gasteiger partial charge on any atom is 0.335 e. The average Bonchev–Trinajstić information content (AvgIpc) is 2.67. The molecule has 3 rings (SSSR count). The minimum atomic E-state index is -1.09. The number of rotatable bonds is 4. The van der Waals surface area contributed by atoms with Gasteiger partial charge in [0.25, 0.3) is 5.91 Å². The summed E-state index contributed by atoms with van der Waals surface area (Å²) in [4.78, 5) is 28.4. The van der Waals surface area contributed by atoms with Crippen LogP contribution < -0.4 is 10.2 Å². The number of aromatic carboxylic acids is 1. The molecule has 1 saturated heterocycles. The van der Waals surface area contributed by atoms with E-state index in [1.54, 1.807) is 6.07 Å². The van der Waals surface area contributed by atoms with E-state index in [1.807, 2.05) is 7.05 Å². The van der Waals surface area contributed by atoms with Crippen molar-refractivity contribution >= 4 is 34.9 Å². The number of hydrogen-bond acceptors (Lipinski definition) is 4. The van der Waals surface area contributed by atoms with Crippen LogP contribution in [0.15, 0.2) is 30.3 Å². The van der Waals surface area contributed by atoms with E-state index in [9.17, 15) is 19.1 Å². The van der Waals surface area contributed by atoms with Crippen molar-refractivity contribution in [3.05, 3.63) is 57.9 Å². The van der Waals surface area contributed by atoms with Gasteiger partial charge in [0.05, 0.1) is 27.5 Å². The molecule has 2 N–H and O–H groups in total. The molecule has 0 saturated carbocycles. The van der Waals surface area contributed by atoms with E-state index in [4.69, 9.17) is 11.6 Å². The van der Waals surface area contributed by atoms with Crippen LogP contribution in [0.1, 0.15) is 26.3 Å². The Bertz CT molecular complexity index is 927. The molecule has 0 radical (unpaired) electrons. The molecule has 1 aliphatic rings. The number of nitrogens with zero attached hydrogens (tertiary/aromatic N) is 2. The monoisotopic (exact) mass is 405 g/mol. The second-order valence-electron chi connectivity index (χ2n) is 6.82. The first-order chi connectivity index (χ1) is 13.3. The molecule has 28 heavy (non-hydrogen) atoms. The van der Waals surface area contributed by atoms with Gasteiger partial charge in [0.1, 0.15) is 5.82 Å². The molecule has 0 bridgehead atoms. The van der Waals surface area contributed by atoms with Crippen LogP contribution in [0.3, 0.4) is 0 Å². The fourth-order valence-electron chi connectivity index (χ4n) is 3.12. The van der Waals surface area contributed by atoms with Crippen molar-refractivity contribution in [3.8, 4) is 0 Å². The van der Waals surface area contributed by atoms with Gasteiger partial charge in [-0.1, -0.05) is 11.6 Å². The Hall–Kier alpha value is -2.64. The number of anilines is 2. The fourth-order valence-corrected chi connectivity index (χ4v) is 3.36. The largest absolute Gasteiger partial charge is 0.478 e. The van der Waals surface area contributed by atoms with Crippen molar-refractivity contribution in [1.82, 2.24) is 4.90 Å². The van der Waals surface area contributed by atoms with Crippen molar-refractivity contribution in [2.75, 3.05) is 43.4 Å². The van der Waals surface area contributed by atoms with E-state index in [1.165, 1.54) is 31.2 Å². The van der Waals surface area contributed by atoms with E-state index in [-0.39, 0.29) is 21.7 Å². The lowest BCUT2D eigenvalue weighted by Crippen LogP contribution is -2.44. The Labute approximate surface area is 167 Å². The van der Waals surface area contributed by atoms with Gasteiger partial charge in [-0.05, 0) is 44.3 Å². The Morgan fingerprint density at radius 1 is 1.14 bits per heavy atom. The van der Waals surface area contributed by atoms with Crippen molar-refractivity contribution in [1.29, 1.82) is 0 Å². The molecule has 148 valence electrons. The van der Waals surface area contributed by atoms with Crippen LogP contribution in [0.5, 0.6) is 0 Å². The van der Waals surface area contributed by atoms with E-state index < -0.39 is 17.7 Å². The molecule has 1 heterocycles. The number of amides is 1. The van der Waals surface area contributed by atoms with Crippen LogP contribution in [0.25, 0.3) is 0 Å². The molecule has 0 aromatic heterocycles. The number of piperazine rings is 1. The van der Waals surface area contributed by atoms with Crippen molar-refractivity contribution in [2.45, 2.75) is 6.92 Å². The normalized spacial score (nSPS) is 14.8. The summed E-state index contributed by atoms with van der Waals surface area (Å²) in [6.07, 6.45) is 0. The zero-order valence-corrected chi connectivity index (χ0v) is 16.4. The second-order valence-corrected chi connectivity index (χ2v) is 7.19. The average molecular weight is 406 g/mol. The first-order valence-electron chi connectivity index (χ1n) is 8.84. The summed E-state index contributed by atoms with van der Waals surface area (Å²) in [5.41, 5.74) is 1.50. The summed E-state index contributed by atoms with van der Waals surface area (Å²) in [6.45, 7) is 4.72. The van der Waals surface area contributed by atoms with Crippen LogP contribution in [-0.4, -0.2) is 55.1 Å². The number of carbonyl (C=O) groups excluding carboxylic acids is 1. The smallest absolute Gasteiger partial charge is 0.335 e. The van der Waals surface area contributed by atoms with E-state index in [0.717, 1.165) is 31.9 Å². The predicted molar refractivity (Wildman–Crippen MR) is 107 cm³/mol. The van der Waals surface area contributed by atoms with E-state index >= 15 is 0 Å². The molecular formula is C20H21ClFN3O3. The highest BCUT2D eigenvalue weighted by molar-refractivity contribution is 6.35. The number of hydrogen-bond donors (Lipinski definition) is 2. The van der Waals surface area contributed by atoms with Crippen LogP contribution in [0, 0.1) is 12.7 Å². The third-order valence-corrected chi connectivity index (χ3v) is 5.39. The highest BCUT2D eigenvalue weighted by Gasteiger charge is 2.21. The first-order valence-corrected chi connectivity index (χ1v) is 9.22. The number of carboxylic acid groups (broad SMARTS) is 1. The van der Waals surface area contributed by atoms with Gasteiger partial charge < -0.3 is 20.2 Å². The number of carbonyl (C=O) groups is 2. The van der Waals surface area contributed by atoms with Crippen molar-refractivity contribution < 1.29 is 19.1 Å². The highest BCUT2D eigenvalue weighted by Crippen LogP contribution is 2.30. The number of likely N-dealkylation sites (N-methyl/N-ethyl adjacent to an activating group) is 1. The van der Waals surface area contributed by atoms with E-state index in [0.29, 0.717) is 5.69 Å². The molecule has 0 spiro atoms. The topological polar surface area (TPSA) is 72.9 Å². The standard InChI is InChI=1S/C20H21ClFN3O3/c1-12-15(22)5-4-14(18(12)21)19(26)23-16-11-13(20(27)28)3-6-17(16)25-9-7-24(2)8-10-25/h3-6,11H,7-10H2,1-2H3,(H,23,26)(H,27,28). The minimum Gasteiger partial charge on any atom is -0.478 e. The van der Waals surface area contributed by atoms with Gasteiger partial charge in [-0.15, -0.1) is 0 Å². The lowest BCUT2D eigenvalue weighted by atomic mass is 10.1. The molecule has 6 nitrogen and oxygen atoms in total. The van der Waals surface area contributed by atoms with Gasteiger partial charge in [-0.2, -0.15) is 0 Å². The first kappa shape index (κ1) is 20.1. The molecule has 0 unspecified atom stereocenters. The van der Waals surface area contributed by atoms with Crippen LogP contribution >= 0.6 is 11.6 Å². The van der Waals surface area contributed by atoms with Gasteiger partial charge in [-0.3, -0.25) is 4.79 Å². The molecule has 0 atom stereocenters. The molecule has 1 amide bonds. The number of benzene rings is 2. The predicted octanol–water partition coefficient (Wildman–Crippen LogP) is 3.49. The van der Waals surface area contributed by atoms with Gasteiger partial charge in [-0.25, -0.2) is 9.18 Å². The molecule has 2 aromatic rings. The van der Waals surface area contributed by atoms with Gasteiger partial charge in [0.2, 0.25) is 0 Å². The van der Waals surface area contributed by atoms with Crippen molar-refractivity contribution in [3.63, 3.8) is 0 Å². The molecule has 1 fully saturated rings. The molecule has 0 aliphatic carbocycles. The summed E-state index contributed by atoms with van der Waals surface area (Å²) < 4.78 is 13.6. The maximum absolute atomic E-state index is 13.6. The number of carboxylic acids is 1. The quantitative estimate of drug-likeness (QED) is 0.814. The van der Waals surface area contributed by atoms with Gasteiger partial charge in [0, 0.05) is 31.7 Å². The summed E-state index contributed by atoms with van der Waals surface area (Å²) >= 11 is 6.13. The zero-order chi connectivity index (χ0) is 20.4. The number of halogens is 2. The second kappa shape index (κ2) is 8.16. The van der Waals surface area contributed by atoms with Crippen LogP contribution in [0.4, 0.5) is 15.8 Å². The summed E-state index contributed by atoms with van der Waals surface area (Å²) in [5.74, 6) is -2.10. The Morgan fingerprint density at radius 2 is 1.82 bits per heavy atom. The minimum absolute atomic E-state index is 0.0352. The zero-order valence-electron chi connectivity index (χ0n) is 15.6. The molecule has 2 aromatic carbocycles.